The molecule has 0 unspecified atom stereocenters. The summed E-state index contributed by atoms with van der Waals surface area (Å²) in [5.41, 5.74) is 4.08. The average Bonchev–Trinajstić information content (AvgIpc) is 2.57. The molecule has 0 spiro atoms. The predicted molar refractivity (Wildman–Crippen MR) is 91.9 cm³/mol. The molecule has 0 aromatic heterocycles. The molecule has 8 nitrogen and oxygen atoms in total. The number of hydrogen-bond donors (Lipinski definition) is 2. The topological polar surface area (TPSA) is 114 Å². The first-order valence-corrected chi connectivity index (χ1v) is 7.36. The summed E-state index contributed by atoms with van der Waals surface area (Å²) in [5.74, 6) is -0.0761. The van der Waals surface area contributed by atoms with Crippen molar-refractivity contribution < 1.29 is 19.6 Å². The van der Waals surface area contributed by atoms with Gasteiger partial charge in [0.25, 0.3) is 11.6 Å². The molecule has 2 aromatic carbocycles. The Morgan fingerprint density at radius 2 is 2.08 bits per heavy atom. The van der Waals surface area contributed by atoms with Gasteiger partial charge < -0.3 is 9.84 Å². The van der Waals surface area contributed by atoms with Crippen LogP contribution in [0.15, 0.2) is 41.5 Å². The number of phenolic OH excluding ortho intramolecular Hbond substituents is 1. The lowest BCUT2D eigenvalue weighted by atomic mass is 10.1. The summed E-state index contributed by atoms with van der Waals surface area (Å²) in [6, 6.07) is 9.17. The lowest BCUT2D eigenvalue weighted by Crippen LogP contribution is -2.24. The van der Waals surface area contributed by atoms with Gasteiger partial charge in [0.2, 0.25) is 0 Å². The summed E-state index contributed by atoms with van der Waals surface area (Å²) in [4.78, 5) is 21.9. The van der Waals surface area contributed by atoms with Crippen LogP contribution < -0.4 is 10.2 Å². The minimum absolute atomic E-state index is 0.116. The Bertz CT molecular complexity index is 833. The molecule has 0 aliphatic heterocycles. The first kappa shape index (κ1) is 17.9. The quantitative estimate of drug-likeness (QED) is 0.475. The van der Waals surface area contributed by atoms with Gasteiger partial charge >= 0.3 is 0 Å². The first-order valence-electron chi connectivity index (χ1n) is 7.36. The fourth-order valence-corrected chi connectivity index (χ4v) is 1.97. The van der Waals surface area contributed by atoms with Gasteiger partial charge in [0, 0.05) is 17.7 Å². The molecule has 0 heterocycles. The SMILES string of the molecule is Cc1ccc(C)c(OCC(=O)N/N=C/c2cc([N+](=O)[O-])ccc2O)c1. The molecule has 25 heavy (non-hydrogen) atoms. The maximum atomic E-state index is 11.7. The van der Waals surface area contributed by atoms with E-state index in [1.54, 1.807) is 0 Å². The summed E-state index contributed by atoms with van der Waals surface area (Å²) >= 11 is 0. The molecule has 0 bridgehead atoms. The van der Waals surface area contributed by atoms with Gasteiger partial charge in [-0.1, -0.05) is 12.1 Å². The number of nitrogens with one attached hydrogen (secondary N) is 1. The van der Waals surface area contributed by atoms with Crippen LogP contribution in [0.25, 0.3) is 0 Å². The van der Waals surface area contributed by atoms with E-state index in [0.717, 1.165) is 23.4 Å². The van der Waals surface area contributed by atoms with Crippen LogP contribution in [0.5, 0.6) is 11.5 Å². The fourth-order valence-electron chi connectivity index (χ4n) is 1.97. The van der Waals surface area contributed by atoms with E-state index >= 15 is 0 Å². The molecule has 0 aliphatic carbocycles. The number of ether oxygens (including phenoxy) is 1. The van der Waals surface area contributed by atoms with Crippen molar-refractivity contribution in [1.29, 1.82) is 0 Å². The average molecular weight is 343 g/mol. The minimum Gasteiger partial charge on any atom is -0.507 e. The van der Waals surface area contributed by atoms with E-state index in [9.17, 15) is 20.0 Å². The zero-order valence-corrected chi connectivity index (χ0v) is 13.7. The normalized spacial score (nSPS) is 10.6. The number of benzene rings is 2. The number of non-ortho nitro benzene ring substituents is 1. The third kappa shape index (κ3) is 5.03. The molecule has 8 heteroatoms. The number of amides is 1. The van der Waals surface area contributed by atoms with Crippen molar-refractivity contribution in [3.63, 3.8) is 0 Å². The number of nitro benzene ring substituents is 1. The predicted octanol–water partition coefficient (Wildman–Crippen LogP) is 2.45. The van der Waals surface area contributed by atoms with E-state index in [-0.39, 0.29) is 23.6 Å². The lowest BCUT2D eigenvalue weighted by Gasteiger charge is -2.08. The Labute approximate surface area is 143 Å². The first-order chi connectivity index (χ1) is 11.9. The van der Waals surface area contributed by atoms with Crippen molar-refractivity contribution in [1.82, 2.24) is 5.43 Å². The number of nitrogens with zero attached hydrogens (tertiary/aromatic N) is 2. The van der Waals surface area contributed by atoms with Crippen LogP contribution in [0, 0.1) is 24.0 Å². The van der Waals surface area contributed by atoms with Crippen LogP contribution in [0.2, 0.25) is 0 Å². The van der Waals surface area contributed by atoms with Gasteiger partial charge in [0.05, 0.1) is 11.1 Å². The molecule has 0 fully saturated rings. The smallest absolute Gasteiger partial charge is 0.277 e. The molecule has 0 saturated heterocycles. The van der Waals surface area contributed by atoms with Crippen LogP contribution in [-0.2, 0) is 4.79 Å². The Kier molecular flexibility index (Phi) is 5.67. The second-order valence-corrected chi connectivity index (χ2v) is 5.35. The highest BCUT2D eigenvalue weighted by atomic mass is 16.6. The second kappa shape index (κ2) is 7.91. The monoisotopic (exact) mass is 343 g/mol. The van der Waals surface area contributed by atoms with Crippen molar-refractivity contribution in [2.45, 2.75) is 13.8 Å². The zero-order valence-electron chi connectivity index (χ0n) is 13.7. The van der Waals surface area contributed by atoms with Crippen molar-refractivity contribution in [3.8, 4) is 11.5 Å². The third-order valence-electron chi connectivity index (χ3n) is 3.32. The van der Waals surface area contributed by atoms with Crippen LogP contribution in [0.1, 0.15) is 16.7 Å². The molecular weight excluding hydrogens is 326 g/mol. The van der Waals surface area contributed by atoms with Crippen molar-refractivity contribution >= 4 is 17.8 Å². The lowest BCUT2D eigenvalue weighted by molar-refractivity contribution is -0.384. The number of carbonyl (C=O) groups is 1. The number of aryl methyl sites for hydroxylation is 2. The number of hydrogen-bond acceptors (Lipinski definition) is 6. The molecular formula is C17H17N3O5. The van der Waals surface area contributed by atoms with E-state index in [4.69, 9.17) is 4.74 Å². The van der Waals surface area contributed by atoms with E-state index in [0.29, 0.717) is 5.75 Å². The summed E-state index contributed by atoms with van der Waals surface area (Å²) < 4.78 is 5.43. The number of rotatable bonds is 6. The third-order valence-corrected chi connectivity index (χ3v) is 3.32. The molecule has 1 amide bonds. The Hall–Kier alpha value is -3.42. The van der Waals surface area contributed by atoms with Gasteiger partial charge in [-0.2, -0.15) is 5.10 Å². The number of aromatic hydroxyl groups is 1. The Morgan fingerprint density at radius 3 is 2.80 bits per heavy atom. The number of nitro groups is 1. The summed E-state index contributed by atoms with van der Waals surface area (Å²) in [6.45, 7) is 3.56. The zero-order chi connectivity index (χ0) is 18.4. The standard InChI is InChI=1S/C17H17N3O5/c1-11-3-4-12(2)16(7-11)25-10-17(22)19-18-9-13-8-14(20(23)24)5-6-15(13)21/h3-9,21H,10H2,1-2H3,(H,19,22)/b18-9+. The van der Waals surface area contributed by atoms with Gasteiger partial charge in [0.15, 0.2) is 6.61 Å². The molecule has 0 saturated carbocycles. The van der Waals surface area contributed by atoms with E-state index in [2.05, 4.69) is 10.5 Å². The highest BCUT2D eigenvalue weighted by Crippen LogP contribution is 2.21. The van der Waals surface area contributed by atoms with Crippen molar-refractivity contribution in [2.24, 2.45) is 5.10 Å². The highest BCUT2D eigenvalue weighted by molar-refractivity contribution is 5.86. The molecule has 0 radical (unpaired) electrons. The Balaban J connectivity index is 1.93. The Morgan fingerprint density at radius 1 is 1.32 bits per heavy atom. The second-order valence-electron chi connectivity index (χ2n) is 5.35. The number of phenols is 1. The summed E-state index contributed by atoms with van der Waals surface area (Å²) in [7, 11) is 0. The minimum atomic E-state index is -0.590. The maximum absolute atomic E-state index is 11.7. The van der Waals surface area contributed by atoms with Crippen LogP contribution >= 0.6 is 0 Å². The molecule has 0 aliphatic rings. The number of carbonyl (C=O) groups excluding carboxylic acids is 1. The summed E-state index contributed by atoms with van der Waals surface area (Å²) in [6.07, 6.45) is 1.12. The molecule has 0 atom stereocenters. The number of hydrazone groups is 1. The molecule has 130 valence electrons. The van der Waals surface area contributed by atoms with Crippen LogP contribution in [-0.4, -0.2) is 28.8 Å². The van der Waals surface area contributed by atoms with Gasteiger partial charge in [-0.15, -0.1) is 0 Å². The highest BCUT2D eigenvalue weighted by Gasteiger charge is 2.09. The maximum Gasteiger partial charge on any atom is 0.277 e. The van der Waals surface area contributed by atoms with Crippen LogP contribution in [0.4, 0.5) is 5.69 Å². The van der Waals surface area contributed by atoms with Gasteiger partial charge in [-0.25, -0.2) is 5.43 Å². The van der Waals surface area contributed by atoms with E-state index in [1.807, 2.05) is 32.0 Å². The molecule has 2 rings (SSSR count). The van der Waals surface area contributed by atoms with Crippen molar-refractivity contribution in [2.75, 3.05) is 6.61 Å². The van der Waals surface area contributed by atoms with E-state index < -0.39 is 10.8 Å². The van der Waals surface area contributed by atoms with Crippen LogP contribution in [0.3, 0.4) is 0 Å². The summed E-state index contributed by atoms with van der Waals surface area (Å²) in [5, 5.41) is 24.0. The van der Waals surface area contributed by atoms with Gasteiger partial charge in [0.1, 0.15) is 11.5 Å². The van der Waals surface area contributed by atoms with Crippen molar-refractivity contribution in [3.05, 3.63) is 63.2 Å². The largest absolute Gasteiger partial charge is 0.507 e. The molecule has 2 aromatic rings. The molecule has 2 N–H and O–H groups in total. The van der Waals surface area contributed by atoms with Gasteiger partial charge in [-0.05, 0) is 37.1 Å². The van der Waals surface area contributed by atoms with E-state index in [1.165, 1.54) is 12.1 Å². The van der Waals surface area contributed by atoms with Gasteiger partial charge in [-0.3, -0.25) is 14.9 Å². The fraction of sp³-hybridized carbons (Fsp3) is 0.176.